The van der Waals surface area contributed by atoms with Gasteiger partial charge in [-0.3, -0.25) is 9.59 Å². The second-order valence-corrected chi connectivity index (χ2v) is 7.68. The van der Waals surface area contributed by atoms with Crippen molar-refractivity contribution in [3.8, 4) is 0 Å². The largest absolute Gasteiger partial charge is 0.480 e. The van der Waals surface area contributed by atoms with Gasteiger partial charge in [0.25, 0.3) is 0 Å². The zero-order valence-electron chi connectivity index (χ0n) is 16.2. The van der Waals surface area contributed by atoms with Crippen molar-refractivity contribution in [2.45, 2.75) is 52.0 Å². The number of aliphatic carboxylic acids is 1. The van der Waals surface area contributed by atoms with Crippen LogP contribution in [0.4, 0.5) is 0 Å². The molecule has 0 saturated carbocycles. The van der Waals surface area contributed by atoms with Gasteiger partial charge in [0.05, 0.1) is 11.0 Å². The molecule has 3 aromatic rings. The Morgan fingerprint density at radius 3 is 2.64 bits per heavy atom. The Kier molecular flexibility index (Phi) is 5.03. The van der Waals surface area contributed by atoms with Crippen molar-refractivity contribution < 1.29 is 9.90 Å². The average molecular weight is 375 g/mol. The average Bonchev–Trinajstić information content (AvgIpc) is 2.71. The van der Waals surface area contributed by atoms with Crippen LogP contribution in [-0.4, -0.2) is 15.6 Å². The normalized spacial score (nSPS) is 14.4. The molecule has 1 aromatic heterocycles. The van der Waals surface area contributed by atoms with Gasteiger partial charge in [-0.1, -0.05) is 29.8 Å². The van der Waals surface area contributed by atoms with Crippen molar-refractivity contribution in [1.29, 1.82) is 0 Å². The number of carboxylic acids is 1. The summed E-state index contributed by atoms with van der Waals surface area (Å²) in [7, 11) is 0. The first-order valence-electron chi connectivity index (χ1n) is 9.99. The smallest absolute Gasteiger partial charge is 0.323 e. The molecular formula is C24H25NO3. The first-order chi connectivity index (χ1) is 13.6. The molecule has 0 saturated heterocycles. The predicted octanol–water partition coefficient (Wildman–Crippen LogP) is 4.98. The maximum Gasteiger partial charge on any atom is 0.323 e. The molecule has 28 heavy (non-hydrogen) atoms. The second-order valence-electron chi connectivity index (χ2n) is 7.68. The highest BCUT2D eigenvalue weighted by Crippen LogP contribution is 2.27. The van der Waals surface area contributed by atoms with Crippen molar-refractivity contribution in [2.75, 3.05) is 0 Å². The summed E-state index contributed by atoms with van der Waals surface area (Å²) in [6, 6.07) is 11.2. The molecule has 0 atom stereocenters. The number of rotatable bonds is 5. The third-order valence-corrected chi connectivity index (χ3v) is 5.89. The van der Waals surface area contributed by atoms with E-state index in [1.807, 2.05) is 37.3 Å². The number of benzene rings is 2. The van der Waals surface area contributed by atoms with E-state index in [-0.39, 0.29) is 12.0 Å². The lowest BCUT2D eigenvalue weighted by atomic mass is 9.92. The molecule has 0 bridgehead atoms. The molecule has 1 heterocycles. The van der Waals surface area contributed by atoms with Crippen molar-refractivity contribution >= 4 is 27.8 Å². The van der Waals surface area contributed by atoms with E-state index < -0.39 is 5.97 Å². The van der Waals surface area contributed by atoms with Gasteiger partial charge in [0.15, 0.2) is 5.43 Å². The van der Waals surface area contributed by atoms with Crippen LogP contribution < -0.4 is 5.43 Å². The lowest BCUT2D eigenvalue weighted by Gasteiger charge is -2.18. The first-order valence-corrected chi connectivity index (χ1v) is 9.99. The summed E-state index contributed by atoms with van der Waals surface area (Å²) in [6.07, 6.45) is 9.23. The van der Waals surface area contributed by atoms with Gasteiger partial charge in [0, 0.05) is 10.8 Å². The highest BCUT2D eigenvalue weighted by molar-refractivity contribution is 5.96. The summed E-state index contributed by atoms with van der Waals surface area (Å²) in [6.45, 7) is 1.85. The van der Waals surface area contributed by atoms with Crippen LogP contribution in [0, 0.1) is 6.92 Å². The van der Waals surface area contributed by atoms with Gasteiger partial charge in [0.1, 0.15) is 6.54 Å². The van der Waals surface area contributed by atoms with Gasteiger partial charge < -0.3 is 9.67 Å². The quantitative estimate of drug-likeness (QED) is 0.505. The summed E-state index contributed by atoms with van der Waals surface area (Å²) in [4.78, 5) is 24.6. The minimum absolute atomic E-state index is 0.0307. The Bertz CT molecular complexity index is 1150. The Labute approximate surface area is 164 Å². The van der Waals surface area contributed by atoms with Crippen LogP contribution >= 0.6 is 0 Å². The van der Waals surface area contributed by atoms with Crippen molar-refractivity contribution in [3.63, 3.8) is 0 Å². The molecule has 0 amide bonds. The Morgan fingerprint density at radius 1 is 1.07 bits per heavy atom. The highest BCUT2D eigenvalue weighted by Gasteiger charge is 2.16. The fourth-order valence-corrected chi connectivity index (χ4v) is 4.44. The van der Waals surface area contributed by atoms with E-state index in [9.17, 15) is 14.7 Å². The van der Waals surface area contributed by atoms with Gasteiger partial charge >= 0.3 is 5.97 Å². The SMILES string of the molecule is Cc1c(CCC2=CCCCC2)ccc2c(=O)c3ccccc3n(CC(=O)O)c12. The summed E-state index contributed by atoms with van der Waals surface area (Å²) < 4.78 is 1.78. The topological polar surface area (TPSA) is 59.3 Å². The van der Waals surface area contributed by atoms with E-state index in [0.717, 1.165) is 23.9 Å². The van der Waals surface area contributed by atoms with Gasteiger partial charge in [0.2, 0.25) is 0 Å². The fraction of sp³-hybridized carbons (Fsp3) is 0.333. The standard InChI is InChI=1S/C24H25NO3/c1-16-18(12-11-17-7-3-2-4-8-17)13-14-20-23(16)25(15-22(26)27)21-10-6-5-9-19(21)24(20)28/h5-7,9-10,13-14H,2-4,8,11-12,15H2,1H3,(H,26,27). The number of hydrogen-bond donors (Lipinski definition) is 1. The second kappa shape index (κ2) is 7.63. The lowest BCUT2D eigenvalue weighted by molar-refractivity contribution is -0.137. The van der Waals surface area contributed by atoms with Crippen molar-refractivity contribution in [3.05, 3.63) is 69.4 Å². The number of pyridine rings is 1. The van der Waals surface area contributed by atoms with E-state index in [1.54, 1.807) is 10.6 Å². The summed E-state index contributed by atoms with van der Waals surface area (Å²) >= 11 is 0. The minimum Gasteiger partial charge on any atom is -0.480 e. The van der Waals surface area contributed by atoms with Gasteiger partial charge in [-0.05, 0) is 74.8 Å². The number of aromatic nitrogens is 1. The molecule has 1 aliphatic carbocycles. The predicted molar refractivity (Wildman–Crippen MR) is 113 cm³/mol. The van der Waals surface area contributed by atoms with Gasteiger partial charge in [-0.25, -0.2) is 0 Å². The number of allylic oxidation sites excluding steroid dienone is 2. The molecule has 0 spiro atoms. The molecule has 144 valence electrons. The van der Waals surface area contributed by atoms with Gasteiger partial charge in [-0.15, -0.1) is 0 Å². The molecule has 2 aromatic carbocycles. The van der Waals surface area contributed by atoms with E-state index in [1.165, 1.54) is 36.8 Å². The molecule has 4 heteroatoms. The Hall–Kier alpha value is -2.88. The number of carboxylic acid groups (broad SMARTS) is 1. The third-order valence-electron chi connectivity index (χ3n) is 5.89. The lowest BCUT2D eigenvalue weighted by Crippen LogP contribution is -2.17. The first kappa shape index (κ1) is 18.5. The molecule has 0 unspecified atom stereocenters. The Morgan fingerprint density at radius 2 is 1.89 bits per heavy atom. The monoisotopic (exact) mass is 375 g/mol. The van der Waals surface area contributed by atoms with Crippen LogP contribution in [-0.2, 0) is 17.8 Å². The number of para-hydroxylation sites is 1. The van der Waals surface area contributed by atoms with E-state index >= 15 is 0 Å². The molecular weight excluding hydrogens is 350 g/mol. The Balaban J connectivity index is 1.88. The zero-order valence-corrected chi connectivity index (χ0v) is 16.2. The van der Waals surface area contributed by atoms with Crippen LogP contribution in [0.3, 0.4) is 0 Å². The van der Waals surface area contributed by atoms with Crippen molar-refractivity contribution in [2.24, 2.45) is 0 Å². The van der Waals surface area contributed by atoms with Gasteiger partial charge in [-0.2, -0.15) is 0 Å². The fourth-order valence-electron chi connectivity index (χ4n) is 4.44. The molecule has 1 aliphatic rings. The molecule has 0 aliphatic heterocycles. The number of carbonyl (C=O) groups is 1. The molecule has 0 radical (unpaired) electrons. The number of aryl methyl sites for hydroxylation is 2. The maximum absolute atomic E-state index is 13.0. The summed E-state index contributed by atoms with van der Waals surface area (Å²) in [5, 5.41) is 10.6. The summed E-state index contributed by atoms with van der Waals surface area (Å²) in [5.41, 5.74) is 5.12. The van der Waals surface area contributed by atoms with E-state index in [0.29, 0.717) is 16.3 Å². The molecule has 4 nitrogen and oxygen atoms in total. The van der Waals surface area contributed by atoms with E-state index in [2.05, 4.69) is 6.08 Å². The molecule has 0 fully saturated rings. The van der Waals surface area contributed by atoms with Crippen LogP contribution in [0.2, 0.25) is 0 Å². The third kappa shape index (κ3) is 3.35. The van der Waals surface area contributed by atoms with Crippen LogP contribution in [0.15, 0.2) is 52.8 Å². The molecule has 1 N–H and O–H groups in total. The van der Waals surface area contributed by atoms with Crippen LogP contribution in [0.5, 0.6) is 0 Å². The van der Waals surface area contributed by atoms with E-state index in [4.69, 9.17) is 0 Å². The minimum atomic E-state index is -0.910. The number of nitrogens with zero attached hydrogens (tertiary/aromatic N) is 1. The van der Waals surface area contributed by atoms with Crippen molar-refractivity contribution in [1.82, 2.24) is 4.57 Å². The maximum atomic E-state index is 13.0. The zero-order chi connectivity index (χ0) is 19.7. The van der Waals surface area contributed by atoms with Crippen LogP contribution in [0.1, 0.15) is 43.2 Å². The molecule has 4 rings (SSSR count). The number of fused-ring (bicyclic) bond motifs is 2. The summed E-state index contributed by atoms with van der Waals surface area (Å²) in [5.74, 6) is -0.910. The number of hydrogen-bond acceptors (Lipinski definition) is 2. The highest BCUT2D eigenvalue weighted by atomic mass is 16.4. The van der Waals surface area contributed by atoms with Crippen LogP contribution in [0.25, 0.3) is 21.8 Å².